The average Bonchev–Trinajstić information content (AvgIpc) is 2.29. The van der Waals surface area contributed by atoms with Crippen molar-refractivity contribution in [3.63, 3.8) is 0 Å². The number of carbonyl (C=O) groups excluding carboxylic acids is 1. The zero-order chi connectivity index (χ0) is 13.3. The predicted octanol–water partition coefficient (Wildman–Crippen LogP) is 1.58. The molecule has 0 bridgehead atoms. The second-order valence-electron chi connectivity index (χ2n) is 4.36. The smallest absolute Gasteiger partial charge is 0.305 e. The number of hydrogen-bond donors (Lipinski definition) is 1. The summed E-state index contributed by atoms with van der Waals surface area (Å²) < 4.78 is 5.52. The highest BCUT2D eigenvalue weighted by molar-refractivity contribution is 6.00. The molecule has 1 aliphatic heterocycles. The molecule has 1 aromatic rings. The molecule has 0 spiro atoms. The number of carboxylic acid groups (broad SMARTS) is 1. The minimum atomic E-state index is -0.921. The fraction of sp³-hybridized carbons (Fsp3) is 0.385. The van der Waals surface area contributed by atoms with E-state index < -0.39 is 12.1 Å². The first-order chi connectivity index (χ1) is 8.49. The molecule has 1 amide bonds. The van der Waals surface area contributed by atoms with E-state index in [0.717, 1.165) is 5.56 Å². The number of anilines is 1. The van der Waals surface area contributed by atoms with Gasteiger partial charge in [0.1, 0.15) is 5.75 Å². The third-order valence-electron chi connectivity index (χ3n) is 2.87. The van der Waals surface area contributed by atoms with Gasteiger partial charge in [-0.1, -0.05) is 6.07 Å². The molecule has 0 fully saturated rings. The van der Waals surface area contributed by atoms with E-state index in [1.54, 1.807) is 13.0 Å². The third kappa shape index (κ3) is 2.30. The van der Waals surface area contributed by atoms with E-state index in [1.165, 1.54) is 4.90 Å². The molecule has 18 heavy (non-hydrogen) atoms. The quantitative estimate of drug-likeness (QED) is 0.883. The molecule has 0 radical (unpaired) electrons. The van der Waals surface area contributed by atoms with Crippen LogP contribution in [-0.4, -0.2) is 29.6 Å². The maximum atomic E-state index is 12.0. The fourth-order valence-electron chi connectivity index (χ4n) is 1.96. The predicted molar refractivity (Wildman–Crippen MR) is 65.9 cm³/mol. The summed E-state index contributed by atoms with van der Waals surface area (Å²) in [4.78, 5) is 24.1. The molecule has 0 saturated heterocycles. The number of fused-ring (bicyclic) bond motifs is 1. The molecule has 96 valence electrons. The van der Waals surface area contributed by atoms with Crippen LogP contribution < -0.4 is 9.64 Å². The molecule has 2 rings (SSSR count). The van der Waals surface area contributed by atoms with Gasteiger partial charge in [0.15, 0.2) is 6.10 Å². The summed E-state index contributed by atoms with van der Waals surface area (Å²) in [5.41, 5.74) is 1.68. The van der Waals surface area contributed by atoms with Crippen LogP contribution >= 0.6 is 0 Å². The molecule has 1 atom stereocenters. The van der Waals surface area contributed by atoms with E-state index in [-0.39, 0.29) is 18.9 Å². The van der Waals surface area contributed by atoms with Crippen LogP contribution in [0.4, 0.5) is 5.69 Å². The SMILES string of the molecule is Cc1ccc2c(c1)O[C@H](C)C(=O)N2CCC(=O)O. The van der Waals surface area contributed by atoms with Crippen LogP contribution in [0.15, 0.2) is 18.2 Å². The summed E-state index contributed by atoms with van der Waals surface area (Å²) in [6, 6.07) is 5.52. The molecule has 0 aromatic heterocycles. The first kappa shape index (κ1) is 12.4. The molecule has 0 unspecified atom stereocenters. The molecule has 1 aliphatic rings. The first-order valence-corrected chi connectivity index (χ1v) is 5.79. The lowest BCUT2D eigenvalue weighted by atomic mass is 10.1. The lowest BCUT2D eigenvalue weighted by molar-refractivity contribution is -0.136. The Labute approximate surface area is 105 Å². The van der Waals surface area contributed by atoms with Gasteiger partial charge in [0, 0.05) is 6.54 Å². The van der Waals surface area contributed by atoms with Crippen molar-refractivity contribution in [2.45, 2.75) is 26.4 Å². The second kappa shape index (κ2) is 4.68. The van der Waals surface area contributed by atoms with E-state index in [9.17, 15) is 9.59 Å². The topological polar surface area (TPSA) is 66.8 Å². The number of aryl methyl sites for hydroxylation is 1. The zero-order valence-electron chi connectivity index (χ0n) is 10.3. The molecule has 0 aliphatic carbocycles. The molecule has 5 heteroatoms. The van der Waals surface area contributed by atoms with E-state index in [0.29, 0.717) is 11.4 Å². The van der Waals surface area contributed by atoms with Crippen LogP contribution in [-0.2, 0) is 9.59 Å². The van der Waals surface area contributed by atoms with Crippen LogP contribution in [0.5, 0.6) is 5.75 Å². The maximum Gasteiger partial charge on any atom is 0.305 e. The van der Waals surface area contributed by atoms with Crippen molar-refractivity contribution >= 4 is 17.6 Å². The molecule has 1 N–H and O–H groups in total. The van der Waals surface area contributed by atoms with Gasteiger partial charge in [-0.15, -0.1) is 0 Å². The Balaban J connectivity index is 2.33. The van der Waals surface area contributed by atoms with Crippen LogP contribution in [0.1, 0.15) is 18.9 Å². The highest BCUT2D eigenvalue weighted by Crippen LogP contribution is 2.34. The molecular weight excluding hydrogens is 234 g/mol. The number of benzene rings is 1. The summed E-state index contributed by atoms with van der Waals surface area (Å²) >= 11 is 0. The number of carbonyl (C=O) groups is 2. The van der Waals surface area contributed by atoms with E-state index in [4.69, 9.17) is 9.84 Å². The minimum Gasteiger partial charge on any atom is -0.481 e. The Bertz CT molecular complexity index is 498. The Kier molecular flexibility index (Phi) is 3.23. The Morgan fingerprint density at radius 1 is 1.50 bits per heavy atom. The normalized spacial score (nSPS) is 18.2. The number of amides is 1. The Morgan fingerprint density at radius 3 is 2.89 bits per heavy atom. The van der Waals surface area contributed by atoms with Gasteiger partial charge in [-0.25, -0.2) is 0 Å². The standard InChI is InChI=1S/C13H15NO4/c1-8-3-4-10-11(7-8)18-9(2)13(17)14(10)6-5-12(15)16/h3-4,7,9H,5-6H2,1-2H3,(H,15,16)/t9-/m1/s1. The van der Waals surface area contributed by atoms with E-state index in [1.807, 2.05) is 19.1 Å². The van der Waals surface area contributed by atoms with E-state index in [2.05, 4.69) is 0 Å². The number of nitrogens with zero attached hydrogens (tertiary/aromatic N) is 1. The molecule has 5 nitrogen and oxygen atoms in total. The number of aliphatic carboxylic acids is 1. The second-order valence-corrected chi connectivity index (χ2v) is 4.36. The van der Waals surface area contributed by atoms with Crippen molar-refractivity contribution in [2.75, 3.05) is 11.4 Å². The Morgan fingerprint density at radius 2 is 2.22 bits per heavy atom. The van der Waals surface area contributed by atoms with Gasteiger partial charge < -0.3 is 14.7 Å². The summed E-state index contributed by atoms with van der Waals surface area (Å²) in [5, 5.41) is 8.72. The van der Waals surface area contributed by atoms with Gasteiger partial charge in [-0.05, 0) is 31.5 Å². The molecule has 1 heterocycles. The number of hydrogen-bond acceptors (Lipinski definition) is 3. The van der Waals surface area contributed by atoms with Gasteiger partial charge in [0.25, 0.3) is 5.91 Å². The van der Waals surface area contributed by atoms with Crippen molar-refractivity contribution in [3.05, 3.63) is 23.8 Å². The zero-order valence-corrected chi connectivity index (χ0v) is 10.3. The molecule has 1 aromatic carbocycles. The number of ether oxygens (including phenoxy) is 1. The number of rotatable bonds is 3. The average molecular weight is 249 g/mol. The van der Waals surface area contributed by atoms with Gasteiger partial charge in [-0.3, -0.25) is 9.59 Å². The summed E-state index contributed by atoms with van der Waals surface area (Å²) in [6.45, 7) is 3.77. The van der Waals surface area contributed by atoms with Gasteiger partial charge in [0.2, 0.25) is 0 Å². The monoisotopic (exact) mass is 249 g/mol. The Hall–Kier alpha value is -2.04. The van der Waals surface area contributed by atoms with Gasteiger partial charge in [-0.2, -0.15) is 0 Å². The highest BCUT2D eigenvalue weighted by atomic mass is 16.5. The van der Waals surface area contributed by atoms with E-state index >= 15 is 0 Å². The number of carboxylic acids is 1. The van der Waals surface area contributed by atoms with Crippen molar-refractivity contribution in [3.8, 4) is 5.75 Å². The maximum absolute atomic E-state index is 12.0. The highest BCUT2D eigenvalue weighted by Gasteiger charge is 2.31. The lowest BCUT2D eigenvalue weighted by Gasteiger charge is -2.32. The van der Waals surface area contributed by atoms with Crippen molar-refractivity contribution in [1.82, 2.24) is 0 Å². The third-order valence-corrected chi connectivity index (χ3v) is 2.87. The molecule has 0 saturated carbocycles. The van der Waals surface area contributed by atoms with Crippen molar-refractivity contribution < 1.29 is 19.4 Å². The van der Waals surface area contributed by atoms with Crippen molar-refractivity contribution in [2.24, 2.45) is 0 Å². The van der Waals surface area contributed by atoms with Crippen LogP contribution in [0.25, 0.3) is 0 Å². The summed E-state index contributed by atoms with van der Waals surface area (Å²) in [7, 11) is 0. The van der Waals surface area contributed by atoms with Crippen molar-refractivity contribution in [1.29, 1.82) is 0 Å². The van der Waals surface area contributed by atoms with Crippen LogP contribution in [0.3, 0.4) is 0 Å². The first-order valence-electron chi connectivity index (χ1n) is 5.79. The largest absolute Gasteiger partial charge is 0.481 e. The fourth-order valence-corrected chi connectivity index (χ4v) is 1.96. The minimum absolute atomic E-state index is 0.0776. The van der Waals surface area contributed by atoms with Gasteiger partial charge in [0.05, 0.1) is 12.1 Å². The molecular formula is C13H15NO4. The summed E-state index contributed by atoms with van der Waals surface area (Å²) in [5.74, 6) is -0.490. The summed E-state index contributed by atoms with van der Waals surface area (Å²) in [6.07, 6.45) is -0.653. The van der Waals surface area contributed by atoms with Gasteiger partial charge >= 0.3 is 5.97 Å². The van der Waals surface area contributed by atoms with Crippen LogP contribution in [0, 0.1) is 6.92 Å². The lowest BCUT2D eigenvalue weighted by Crippen LogP contribution is -2.45. The van der Waals surface area contributed by atoms with Crippen LogP contribution in [0.2, 0.25) is 0 Å².